The fourth-order valence-electron chi connectivity index (χ4n) is 5.25. The summed E-state index contributed by atoms with van der Waals surface area (Å²) in [5, 5.41) is 4.81. The molecule has 2 N–H and O–H groups in total. The summed E-state index contributed by atoms with van der Waals surface area (Å²) < 4.78 is 49.6. The summed E-state index contributed by atoms with van der Waals surface area (Å²) in [5.74, 6) is 0.921. The van der Waals surface area contributed by atoms with Crippen molar-refractivity contribution in [3.63, 3.8) is 0 Å². The van der Waals surface area contributed by atoms with Crippen LogP contribution in [-0.4, -0.2) is 58.4 Å². The molecule has 2 saturated heterocycles. The number of likely N-dealkylation sites (tertiary alicyclic amines) is 1. The van der Waals surface area contributed by atoms with Crippen molar-refractivity contribution in [1.29, 1.82) is 0 Å². The second-order valence-electron chi connectivity index (χ2n) is 9.14. The lowest BCUT2D eigenvalue weighted by Crippen LogP contribution is -2.48. The van der Waals surface area contributed by atoms with Crippen LogP contribution in [0.15, 0.2) is 18.3 Å². The molecule has 2 aliphatic carbocycles. The van der Waals surface area contributed by atoms with Crippen molar-refractivity contribution < 1.29 is 22.6 Å². The van der Waals surface area contributed by atoms with Crippen molar-refractivity contribution in [1.82, 2.24) is 19.7 Å². The van der Waals surface area contributed by atoms with Gasteiger partial charge in [0.2, 0.25) is 0 Å². The van der Waals surface area contributed by atoms with E-state index in [4.69, 9.17) is 15.6 Å². The van der Waals surface area contributed by atoms with Gasteiger partial charge in [-0.1, -0.05) is 0 Å². The van der Waals surface area contributed by atoms with Crippen LogP contribution >= 0.6 is 0 Å². The number of nitrogens with two attached hydrogens (primary N) is 1. The Bertz CT molecular complexity index is 989. The number of halogens is 3. The van der Waals surface area contributed by atoms with E-state index in [1.807, 2.05) is 6.07 Å². The van der Waals surface area contributed by atoms with Crippen molar-refractivity contribution in [3.05, 3.63) is 24.0 Å². The molecule has 6 rings (SSSR count). The Hall–Kier alpha value is -2.33. The highest BCUT2D eigenvalue weighted by Crippen LogP contribution is 2.59. The standard InChI is InChI=1S/C21H24F3N5O2/c22-21(23,24)31-18-4-11(6-26-20(18)25)16-5-17(29(27-16)12-2-1-3-12)19-14-7-28(8-15(14)19)13-9-30-10-13/h4-6,12-15,19H,1-3,7-10H2,(H2,25,26). The lowest BCUT2D eigenvalue weighted by molar-refractivity contribution is -0.274. The first-order chi connectivity index (χ1) is 14.9. The molecule has 4 heterocycles. The zero-order chi connectivity index (χ0) is 21.3. The number of piperidine rings is 1. The number of nitrogen functional groups attached to an aromatic ring is 1. The molecule has 7 nitrogen and oxygen atoms in total. The van der Waals surface area contributed by atoms with E-state index in [2.05, 4.69) is 19.3 Å². The topological polar surface area (TPSA) is 78.4 Å². The Morgan fingerprint density at radius 1 is 1.10 bits per heavy atom. The fraction of sp³-hybridized carbons (Fsp3) is 0.619. The number of pyridine rings is 1. The number of aromatic nitrogens is 3. The largest absolute Gasteiger partial charge is 0.573 e. The van der Waals surface area contributed by atoms with Crippen LogP contribution in [0.1, 0.15) is 36.9 Å². The lowest BCUT2D eigenvalue weighted by Gasteiger charge is -2.36. The van der Waals surface area contributed by atoms with Crippen LogP contribution in [-0.2, 0) is 4.74 Å². The van der Waals surface area contributed by atoms with Crippen LogP contribution in [0.2, 0.25) is 0 Å². The summed E-state index contributed by atoms with van der Waals surface area (Å²) in [6.45, 7) is 3.84. The quantitative estimate of drug-likeness (QED) is 0.777. The van der Waals surface area contributed by atoms with Gasteiger partial charge in [0.05, 0.1) is 31.0 Å². The number of nitrogens with zero attached hydrogens (tertiary/aromatic N) is 4. The van der Waals surface area contributed by atoms with E-state index in [0.29, 0.717) is 41.1 Å². The Balaban J connectivity index is 1.28. The lowest BCUT2D eigenvalue weighted by atomic mass is 9.93. The average Bonchev–Trinajstić information content (AvgIpc) is 2.96. The van der Waals surface area contributed by atoms with Gasteiger partial charge >= 0.3 is 6.36 Å². The third kappa shape index (κ3) is 3.36. The van der Waals surface area contributed by atoms with Gasteiger partial charge in [-0.3, -0.25) is 9.58 Å². The average molecular weight is 435 g/mol. The van der Waals surface area contributed by atoms with Crippen LogP contribution in [0.5, 0.6) is 5.75 Å². The van der Waals surface area contributed by atoms with Gasteiger partial charge in [0, 0.05) is 36.5 Å². The Kier molecular flexibility index (Phi) is 4.27. The Labute approximate surface area is 177 Å². The fourth-order valence-corrected chi connectivity index (χ4v) is 5.25. The predicted octanol–water partition coefficient (Wildman–Crippen LogP) is 3.19. The molecule has 0 bridgehead atoms. The van der Waals surface area contributed by atoms with E-state index in [1.165, 1.54) is 24.4 Å². The second kappa shape index (κ2) is 6.83. The van der Waals surface area contributed by atoms with E-state index in [9.17, 15) is 13.2 Å². The molecular formula is C21H24F3N5O2. The van der Waals surface area contributed by atoms with Gasteiger partial charge in [0.25, 0.3) is 0 Å². The van der Waals surface area contributed by atoms with Crippen molar-refractivity contribution in [2.24, 2.45) is 11.8 Å². The minimum Gasteiger partial charge on any atom is -0.402 e. The van der Waals surface area contributed by atoms with Gasteiger partial charge in [-0.2, -0.15) is 5.10 Å². The van der Waals surface area contributed by atoms with Gasteiger partial charge in [0.1, 0.15) is 0 Å². The van der Waals surface area contributed by atoms with Gasteiger partial charge in [-0.05, 0) is 43.2 Å². The highest BCUT2D eigenvalue weighted by Gasteiger charge is 2.59. The van der Waals surface area contributed by atoms with Crippen molar-refractivity contribution in [2.75, 3.05) is 32.0 Å². The van der Waals surface area contributed by atoms with Crippen LogP contribution < -0.4 is 10.5 Å². The highest BCUT2D eigenvalue weighted by atomic mass is 19.4. The molecule has 2 aromatic heterocycles. The van der Waals surface area contributed by atoms with E-state index >= 15 is 0 Å². The number of alkyl halides is 3. The monoisotopic (exact) mass is 435 g/mol. The molecule has 0 aromatic carbocycles. The smallest absolute Gasteiger partial charge is 0.402 e. The second-order valence-corrected chi connectivity index (χ2v) is 9.14. The molecule has 2 aliphatic heterocycles. The Morgan fingerprint density at radius 2 is 1.84 bits per heavy atom. The first-order valence-corrected chi connectivity index (χ1v) is 10.8. The molecule has 0 amide bonds. The molecule has 2 aromatic rings. The van der Waals surface area contributed by atoms with E-state index in [1.54, 1.807) is 0 Å². The molecule has 4 aliphatic rings. The van der Waals surface area contributed by atoms with E-state index in [0.717, 1.165) is 39.1 Å². The maximum absolute atomic E-state index is 12.7. The zero-order valence-corrected chi connectivity index (χ0v) is 16.9. The first-order valence-electron chi connectivity index (χ1n) is 10.8. The summed E-state index contributed by atoms with van der Waals surface area (Å²) in [4.78, 5) is 6.44. The van der Waals surface area contributed by atoms with Crippen molar-refractivity contribution >= 4 is 5.82 Å². The van der Waals surface area contributed by atoms with Crippen LogP contribution in [0.4, 0.5) is 19.0 Å². The van der Waals surface area contributed by atoms with Crippen molar-refractivity contribution in [2.45, 2.75) is 43.6 Å². The number of ether oxygens (including phenoxy) is 2. The summed E-state index contributed by atoms with van der Waals surface area (Å²) in [6.07, 6.45) is -0.0108. The molecule has 2 atom stereocenters. The zero-order valence-electron chi connectivity index (χ0n) is 16.9. The molecule has 31 heavy (non-hydrogen) atoms. The number of fused-ring (bicyclic) bond motifs is 1. The van der Waals surface area contributed by atoms with Gasteiger partial charge < -0.3 is 15.2 Å². The minimum atomic E-state index is -4.83. The molecule has 4 fully saturated rings. The predicted molar refractivity (Wildman–Crippen MR) is 105 cm³/mol. The van der Waals surface area contributed by atoms with Gasteiger partial charge in [0.15, 0.2) is 11.6 Å². The minimum absolute atomic E-state index is 0.295. The van der Waals surface area contributed by atoms with Crippen LogP contribution in [0.25, 0.3) is 11.3 Å². The Morgan fingerprint density at radius 3 is 2.42 bits per heavy atom. The van der Waals surface area contributed by atoms with E-state index in [-0.39, 0.29) is 5.82 Å². The summed E-state index contributed by atoms with van der Waals surface area (Å²) >= 11 is 0. The molecule has 10 heteroatoms. The molecular weight excluding hydrogens is 411 g/mol. The summed E-state index contributed by atoms with van der Waals surface area (Å²) in [6, 6.07) is 4.24. The van der Waals surface area contributed by atoms with E-state index < -0.39 is 12.1 Å². The first kappa shape index (κ1) is 19.4. The molecule has 2 saturated carbocycles. The summed E-state index contributed by atoms with van der Waals surface area (Å²) in [5.41, 5.74) is 7.89. The number of anilines is 1. The summed E-state index contributed by atoms with van der Waals surface area (Å²) in [7, 11) is 0. The maximum Gasteiger partial charge on any atom is 0.573 e. The third-order valence-electron chi connectivity index (χ3n) is 7.29. The van der Waals surface area contributed by atoms with Gasteiger partial charge in [-0.25, -0.2) is 4.98 Å². The molecule has 0 spiro atoms. The number of hydrogen-bond acceptors (Lipinski definition) is 6. The highest BCUT2D eigenvalue weighted by molar-refractivity contribution is 5.64. The maximum atomic E-state index is 12.7. The SMILES string of the molecule is Nc1ncc(-c2cc(C3C4CN(C5COC5)CC43)n(C3CCC3)n2)cc1OC(F)(F)F. The number of rotatable bonds is 5. The van der Waals surface area contributed by atoms with Gasteiger partial charge in [-0.15, -0.1) is 13.2 Å². The normalized spacial score (nSPS) is 28.8. The number of hydrogen-bond donors (Lipinski definition) is 1. The molecule has 166 valence electrons. The van der Waals surface area contributed by atoms with Crippen LogP contribution in [0.3, 0.4) is 0 Å². The van der Waals surface area contributed by atoms with Crippen molar-refractivity contribution in [3.8, 4) is 17.0 Å². The van der Waals surface area contributed by atoms with Crippen LogP contribution in [0, 0.1) is 11.8 Å². The molecule has 2 unspecified atom stereocenters. The third-order valence-corrected chi connectivity index (χ3v) is 7.29. The molecule has 0 radical (unpaired) electrons.